The number of rotatable bonds is 9. The molecule has 0 fully saturated rings. The Kier molecular flexibility index (Phi) is 9.09. The van der Waals surface area contributed by atoms with E-state index in [-0.39, 0.29) is 41.2 Å². The monoisotopic (exact) mass is 557 g/mol. The van der Waals surface area contributed by atoms with Crippen molar-refractivity contribution >= 4 is 33.0 Å². The van der Waals surface area contributed by atoms with Crippen LogP contribution in [0.4, 0.5) is 5.69 Å². The van der Waals surface area contributed by atoms with Crippen molar-refractivity contribution in [1.29, 1.82) is 0 Å². The number of ether oxygens (including phenoxy) is 1. The Labute approximate surface area is 228 Å². The Hall–Kier alpha value is -2.92. The summed E-state index contributed by atoms with van der Waals surface area (Å²) in [6, 6.07) is 18.1. The fraction of sp³-hybridized carbons (Fsp3) is 0.393. The van der Waals surface area contributed by atoms with E-state index in [9.17, 15) is 18.3 Å². The molecule has 0 radical (unpaired) electrons. The summed E-state index contributed by atoms with van der Waals surface area (Å²) in [5, 5.41) is 11.6. The molecule has 1 aromatic heterocycles. The van der Waals surface area contributed by atoms with Crippen LogP contribution in [0.5, 0.6) is 5.75 Å². The number of hydrogen-bond donors (Lipinski definition) is 2. The van der Waals surface area contributed by atoms with Crippen LogP contribution in [0.15, 0.2) is 70.3 Å². The van der Waals surface area contributed by atoms with Crippen LogP contribution >= 0.6 is 11.3 Å². The molecule has 38 heavy (non-hydrogen) atoms. The maximum atomic E-state index is 13.4. The second-order valence-corrected chi connectivity index (χ2v) is 12.8. The molecule has 10 heteroatoms. The average Bonchev–Trinajstić information content (AvgIpc) is 3.44. The summed E-state index contributed by atoms with van der Waals surface area (Å²) in [6.07, 6.45) is -0.205. The van der Waals surface area contributed by atoms with Gasteiger partial charge in [-0.1, -0.05) is 43.3 Å². The molecule has 0 spiro atoms. The lowest BCUT2D eigenvalue weighted by atomic mass is 10.0. The maximum absolute atomic E-state index is 13.4. The number of benzene rings is 2. The van der Waals surface area contributed by atoms with E-state index in [1.807, 2.05) is 32.2 Å². The number of hydrogen-bond acceptors (Lipinski definition) is 7. The van der Waals surface area contributed by atoms with Gasteiger partial charge in [0, 0.05) is 36.8 Å². The van der Waals surface area contributed by atoms with Crippen LogP contribution in [0.2, 0.25) is 0 Å². The number of aliphatic hydroxyl groups excluding tert-OH is 1. The van der Waals surface area contributed by atoms with Crippen molar-refractivity contribution in [1.82, 2.24) is 9.80 Å². The summed E-state index contributed by atoms with van der Waals surface area (Å²) in [5.74, 6) is 0.398. The SMILES string of the molecule is C[C@@H]1CN([C@@H](C)CO)C(=O)Cc2cc(NS(=O)(=O)c3cccs3)ccc2O[C@@H]1CN(C)Cc1ccccc1. The number of carbonyl (C=O) groups is 1. The van der Waals surface area contributed by atoms with Gasteiger partial charge in [0.05, 0.1) is 19.1 Å². The summed E-state index contributed by atoms with van der Waals surface area (Å²) in [5.41, 5.74) is 2.15. The maximum Gasteiger partial charge on any atom is 0.271 e. The van der Waals surface area contributed by atoms with E-state index in [2.05, 4.69) is 28.7 Å². The lowest BCUT2D eigenvalue weighted by Gasteiger charge is -2.34. The van der Waals surface area contributed by atoms with Crippen molar-refractivity contribution in [2.75, 3.05) is 31.5 Å². The fourth-order valence-corrected chi connectivity index (χ4v) is 6.64. The van der Waals surface area contributed by atoms with Crippen molar-refractivity contribution in [3.8, 4) is 5.75 Å². The number of nitrogens with zero attached hydrogens (tertiary/aromatic N) is 2. The smallest absolute Gasteiger partial charge is 0.271 e. The van der Waals surface area contributed by atoms with Gasteiger partial charge in [0.1, 0.15) is 16.1 Å². The number of sulfonamides is 1. The number of amides is 1. The molecule has 3 atom stereocenters. The number of carbonyl (C=O) groups excluding carboxylic acids is 1. The summed E-state index contributed by atoms with van der Waals surface area (Å²) < 4.78 is 34.9. The highest BCUT2D eigenvalue weighted by molar-refractivity contribution is 7.94. The van der Waals surface area contributed by atoms with E-state index in [0.29, 0.717) is 30.1 Å². The van der Waals surface area contributed by atoms with Crippen molar-refractivity contribution in [3.05, 3.63) is 77.2 Å². The van der Waals surface area contributed by atoms with Gasteiger partial charge in [-0.25, -0.2) is 8.42 Å². The Balaban J connectivity index is 1.63. The molecule has 1 aliphatic rings. The molecule has 2 N–H and O–H groups in total. The van der Waals surface area contributed by atoms with Crippen LogP contribution in [0, 0.1) is 5.92 Å². The molecule has 4 rings (SSSR count). The predicted molar refractivity (Wildman–Crippen MR) is 150 cm³/mol. The van der Waals surface area contributed by atoms with E-state index in [4.69, 9.17) is 4.74 Å². The van der Waals surface area contributed by atoms with Crippen LogP contribution in [-0.4, -0.2) is 68.1 Å². The molecule has 3 aromatic rings. The van der Waals surface area contributed by atoms with Gasteiger partial charge in [0.2, 0.25) is 5.91 Å². The molecule has 1 aliphatic heterocycles. The first-order valence-corrected chi connectivity index (χ1v) is 15.0. The summed E-state index contributed by atoms with van der Waals surface area (Å²) in [6.45, 7) is 5.55. The average molecular weight is 558 g/mol. The van der Waals surface area contributed by atoms with Crippen LogP contribution in [0.3, 0.4) is 0 Å². The molecular weight excluding hydrogens is 522 g/mol. The second kappa shape index (κ2) is 12.3. The number of aliphatic hydroxyl groups is 1. The van der Waals surface area contributed by atoms with Gasteiger partial charge in [-0.3, -0.25) is 14.4 Å². The van der Waals surface area contributed by atoms with E-state index in [0.717, 1.165) is 17.9 Å². The largest absolute Gasteiger partial charge is 0.488 e. The number of anilines is 1. The Morgan fingerprint density at radius 2 is 1.95 bits per heavy atom. The second-order valence-electron chi connectivity index (χ2n) is 9.93. The molecular formula is C28H35N3O5S2. The molecule has 0 bridgehead atoms. The molecule has 0 saturated heterocycles. The number of likely N-dealkylation sites (N-methyl/N-ethyl adjacent to an activating group) is 1. The Bertz CT molecular complexity index is 1320. The third-order valence-electron chi connectivity index (χ3n) is 6.72. The van der Waals surface area contributed by atoms with Gasteiger partial charge in [-0.15, -0.1) is 11.3 Å². The third-order valence-corrected chi connectivity index (χ3v) is 9.49. The van der Waals surface area contributed by atoms with E-state index in [1.54, 1.807) is 40.6 Å². The van der Waals surface area contributed by atoms with Crippen molar-refractivity contribution in [2.45, 2.75) is 43.2 Å². The summed E-state index contributed by atoms with van der Waals surface area (Å²) in [7, 11) is -1.69. The standard InChI is InChI=1S/C28H35N3O5S2/c1-20-16-31(21(2)19-32)27(33)15-23-14-24(29-38(34,35)28-10-7-13-37-28)11-12-25(23)36-26(20)18-30(3)17-22-8-5-4-6-9-22/h4-14,20-21,26,29,32H,15-19H2,1-3H3/t20-,21+,26-/m1/s1. The highest BCUT2D eigenvalue weighted by Gasteiger charge is 2.31. The normalized spacial score (nSPS) is 19.2. The zero-order valence-corrected chi connectivity index (χ0v) is 23.5. The summed E-state index contributed by atoms with van der Waals surface area (Å²) in [4.78, 5) is 17.3. The van der Waals surface area contributed by atoms with Gasteiger partial charge in [0.25, 0.3) is 10.0 Å². The van der Waals surface area contributed by atoms with Crippen LogP contribution in [-0.2, 0) is 27.8 Å². The lowest BCUT2D eigenvalue weighted by molar-refractivity contribution is -0.134. The zero-order chi connectivity index (χ0) is 27.3. The number of fused-ring (bicyclic) bond motifs is 1. The molecule has 2 aromatic carbocycles. The zero-order valence-electron chi connectivity index (χ0n) is 21.9. The molecule has 8 nitrogen and oxygen atoms in total. The van der Waals surface area contributed by atoms with E-state index >= 15 is 0 Å². The quantitative estimate of drug-likeness (QED) is 0.415. The topological polar surface area (TPSA) is 99.2 Å². The highest BCUT2D eigenvalue weighted by atomic mass is 32.2. The van der Waals surface area contributed by atoms with Crippen molar-refractivity contribution in [3.63, 3.8) is 0 Å². The van der Waals surface area contributed by atoms with Crippen LogP contribution < -0.4 is 9.46 Å². The van der Waals surface area contributed by atoms with E-state index < -0.39 is 10.0 Å². The number of thiophene rings is 1. The molecule has 1 amide bonds. The minimum atomic E-state index is -3.73. The predicted octanol–water partition coefficient (Wildman–Crippen LogP) is 3.83. The van der Waals surface area contributed by atoms with Gasteiger partial charge >= 0.3 is 0 Å². The van der Waals surface area contributed by atoms with E-state index in [1.165, 1.54) is 5.56 Å². The fourth-order valence-electron chi connectivity index (χ4n) is 4.60. The molecule has 204 valence electrons. The third kappa shape index (κ3) is 6.93. The minimum absolute atomic E-state index is 0.0193. The molecule has 2 heterocycles. The molecule has 0 unspecified atom stereocenters. The Morgan fingerprint density at radius 3 is 2.63 bits per heavy atom. The highest BCUT2D eigenvalue weighted by Crippen LogP contribution is 2.30. The number of nitrogens with one attached hydrogen (secondary N) is 1. The van der Waals surface area contributed by atoms with Gasteiger partial charge in [-0.2, -0.15) is 0 Å². The van der Waals surface area contributed by atoms with Gasteiger partial charge < -0.3 is 14.7 Å². The molecule has 0 saturated carbocycles. The lowest BCUT2D eigenvalue weighted by Crippen LogP contribution is -2.47. The van der Waals surface area contributed by atoms with Crippen LogP contribution in [0.25, 0.3) is 0 Å². The van der Waals surface area contributed by atoms with Crippen LogP contribution in [0.1, 0.15) is 25.0 Å². The van der Waals surface area contributed by atoms with Gasteiger partial charge in [0.15, 0.2) is 0 Å². The first kappa shape index (κ1) is 28.1. The van der Waals surface area contributed by atoms with Crippen molar-refractivity contribution < 1.29 is 23.1 Å². The van der Waals surface area contributed by atoms with Gasteiger partial charge in [-0.05, 0) is 49.2 Å². The first-order chi connectivity index (χ1) is 18.2. The first-order valence-electron chi connectivity index (χ1n) is 12.6. The molecule has 0 aliphatic carbocycles. The summed E-state index contributed by atoms with van der Waals surface area (Å²) >= 11 is 1.14. The van der Waals surface area contributed by atoms with Crippen molar-refractivity contribution in [2.24, 2.45) is 5.92 Å². The Morgan fingerprint density at radius 1 is 1.18 bits per heavy atom. The minimum Gasteiger partial charge on any atom is -0.488 e.